The van der Waals surface area contributed by atoms with Gasteiger partial charge in [0.05, 0.1) is 19.9 Å². The molecule has 1 unspecified atom stereocenters. The number of nitrogens with two attached hydrogens (primary N) is 1. The van der Waals surface area contributed by atoms with Crippen molar-refractivity contribution in [1.82, 2.24) is 0 Å². The largest absolute Gasteiger partial charge is 0.497 e. The number of benzene rings is 2. The fourth-order valence-corrected chi connectivity index (χ4v) is 3.13. The topological polar surface area (TPSA) is 68.9 Å². The second-order valence-corrected chi connectivity index (χ2v) is 5.85. The van der Waals surface area contributed by atoms with Gasteiger partial charge in [0.25, 0.3) is 0 Å². The summed E-state index contributed by atoms with van der Waals surface area (Å²) in [6, 6.07) is 14.1. The van der Waals surface area contributed by atoms with Crippen LogP contribution < -0.4 is 20.5 Å². The molecule has 5 nitrogen and oxygen atoms in total. The van der Waals surface area contributed by atoms with Gasteiger partial charge < -0.3 is 20.5 Å². The summed E-state index contributed by atoms with van der Waals surface area (Å²) in [5.74, 6) is 2.25. The summed E-state index contributed by atoms with van der Waals surface area (Å²) in [5.41, 5.74) is 9.63. The average molecular weight is 453 g/mol. The molecule has 1 aliphatic carbocycles. The smallest absolute Gasteiger partial charge is 0.193 e. The van der Waals surface area contributed by atoms with Gasteiger partial charge in [-0.05, 0) is 36.1 Å². The van der Waals surface area contributed by atoms with Crippen molar-refractivity contribution in [2.75, 3.05) is 26.1 Å². The minimum atomic E-state index is 0. The molecule has 0 aliphatic heterocycles. The van der Waals surface area contributed by atoms with E-state index in [0.29, 0.717) is 24.2 Å². The number of hydrogen-bond acceptors (Lipinski definition) is 3. The van der Waals surface area contributed by atoms with Gasteiger partial charge in [-0.3, -0.25) is 4.99 Å². The van der Waals surface area contributed by atoms with Crippen LogP contribution in [0.1, 0.15) is 23.5 Å². The molecule has 0 saturated heterocycles. The van der Waals surface area contributed by atoms with Crippen LogP contribution in [-0.2, 0) is 6.42 Å². The highest BCUT2D eigenvalue weighted by Crippen LogP contribution is 2.33. The lowest BCUT2D eigenvalue weighted by Gasteiger charge is -2.13. The fourth-order valence-electron chi connectivity index (χ4n) is 3.13. The number of anilines is 1. The molecule has 0 radical (unpaired) electrons. The standard InChI is InChI=1S/C19H23N3O2.HI/c1-23-15-9-10-18(24-2)17(11-15)22-19(20)21-12-14-8-7-13-5-3-4-6-16(13)14;/h3-6,9-11,14H,7-8,12H2,1-2H3,(H3,20,21,22);1H. The summed E-state index contributed by atoms with van der Waals surface area (Å²) >= 11 is 0. The number of aryl methyl sites for hydroxylation is 1. The van der Waals surface area contributed by atoms with Crippen molar-refractivity contribution in [2.45, 2.75) is 18.8 Å². The highest BCUT2D eigenvalue weighted by Gasteiger charge is 2.21. The Labute approximate surface area is 165 Å². The van der Waals surface area contributed by atoms with Gasteiger partial charge in [0.1, 0.15) is 11.5 Å². The number of ether oxygens (including phenoxy) is 2. The Kier molecular flexibility index (Phi) is 6.92. The number of rotatable bonds is 5. The van der Waals surface area contributed by atoms with Crippen LogP contribution >= 0.6 is 24.0 Å². The molecule has 25 heavy (non-hydrogen) atoms. The van der Waals surface area contributed by atoms with E-state index in [0.717, 1.165) is 24.3 Å². The van der Waals surface area contributed by atoms with Crippen molar-refractivity contribution in [3.8, 4) is 11.5 Å². The minimum absolute atomic E-state index is 0. The molecule has 3 rings (SSSR count). The number of nitrogens with one attached hydrogen (secondary N) is 1. The molecule has 0 fully saturated rings. The first-order valence-corrected chi connectivity index (χ1v) is 8.08. The Morgan fingerprint density at radius 3 is 2.76 bits per heavy atom. The Hall–Kier alpha value is -1.96. The third kappa shape index (κ3) is 4.56. The Morgan fingerprint density at radius 1 is 1.20 bits per heavy atom. The van der Waals surface area contributed by atoms with Crippen molar-refractivity contribution >= 4 is 35.6 Å². The van der Waals surface area contributed by atoms with E-state index < -0.39 is 0 Å². The lowest BCUT2D eigenvalue weighted by atomic mass is 10.0. The van der Waals surface area contributed by atoms with E-state index in [9.17, 15) is 0 Å². The molecular formula is C19H24IN3O2. The number of nitrogens with zero attached hydrogens (tertiary/aromatic N) is 1. The third-order valence-corrected chi connectivity index (χ3v) is 4.41. The van der Waals surface area contributed by atoms with Crippen LogP contribution in [0, 0.1) is 0 Å². The quantitative estimate of drug-likeness (QED) is 0.411. The molecule has 1 atom stereocenters. The molecule has 2 aromatic carbocycles. The highest BCUT2D eigenvalue weighted by molar-refractivity contribution is 14.0. The summed E-state index contributed by atoms with van der Waals surface area (Å²) in [5, 5.41) is 3.11. The Balaban J connectivity index is 0.00000225. The zero-order valence-electron chi connectivity index (χ0n) is 14.5. The molecule has 1 aliphatic rings. The highest BCUT2D eigenvalue weighted by atomic mass is 127. The predicted octanol–water partition coefficient (Wildman–Crippen LogP) is 3.78. The molecule has 2 aromatic rings. The van der Waals surface area contributed by atoms with E-state index in [1.54, 1.807) is 14.2 Å². The number of halogens is 1. The molecule has 0 aromatic heterocycles. The predicted molar refractivity (Wildman–Crippen MR) is 113 cm³/mol. The molecule has 0 amide bonds. The molecule has 0 bridgehead atoms. The number of guanidine groups is 1. The summed E-state index contributed by atoms with van der Waals surface area (Å²) in [6.07, 6.45) is 2.24. The van der Waals surface area contributed by atoms with Gasteiger partial charge in [-0.1, -0.05) is 24.3 Å². The summed E-state index contributed by atoms with van der Waals surface area (Å²) in [6.45, 7) is 0.683. The summed E-state index contributed by atoms with van der Waals surface area (Å²) < 4.78 is 10.6. The van der Waals surface area contributed by atoms with Crippen LogP contribution in [0.3, 0.4) is 0 Å². The van der Waals surface area contributed by atoms with Crippen molar-refractivity contribution in [3.05, 3.63) is 53.6 Å². The van der Waals surface area contributed by atoms with Gasteiger partial charge in [0, 0.05) is 18.5 Å². The SMILES string of the molecule is COc1ccc(OC)c(NC(N)=NCC2CCc3ccccc32)c1.I. The molecular weight excluding hydrogens is 429 g/mol. The van der Waals surface area contributed by atoms with Gasteiger partial charge in [-0.2, -0.15) is 0 Å². The molecule has 0 spiro atoms. The first kappa shape index (κ1) is 19.4. The number of hydrogen-bond donors (Lipinski definition) is 2. The van der Waals surface area contributed by atoms with Gasteiger partial charge in [-0.15, -0.1) is 24.0 Å². The molecule has 134 valence electrons. The van der Waals surface area contributed by atoms with Crippen LogP contribution in [0.5, 0.6) is 11.5 Å². The maximum Gasteiger partial charge on any atom is 0.193 e. The molecule has 6 heteroatoms. The second-order valence-electron chi connectivity index (χ2n) is 5.85. The number of methoxy groups -OCH3 is 2. The first-order chi connectivity index (χ1) is 11.7. The normalized spacial score (nSPS) is 15.9. The summed E-state index contributed by atoms with van der Waals surface area (Å²) in [4.78, 5) is 4.52. The van der Waals surface area contributed by atoms with Crippen molar-refractivity contribution in [1.29, 1.82) is 0 Å². The second kappa shape index (κ2) is 8.94. The maximum absolute atomic E-state index is 6.06. The van der Waals surface area contributed by atoms with Crippen LogP contribution in [0.25, 0.3) is 0 Å². The molecule has 0 heterocycles. The monoisotopic (exact) mass is 453 g/mol. The van der Waals surface area contributed by atoms with Crippen molar-refractivity contribution < 1.29 is 9.47 Å². The third-order valence-electron chi connectivity index (χ3n) is 4.41. The van der Waals surface area contributed by atoms with Gasteiger partial charge >= 0.3 is 0 Å². The van der Waals surface area contributed by atoms with Crippen molar-refractivity contribution in [2.24, 2.45) is 10.7 Å². The van der Waals surface area contributed by atoms with E-state index in [1.165, 1.54) is 11.1 Å². The minimum Gasteiger partial charge on any atom is -0.497 e. The number of aliphatic imine (C=N–C) groups is 1. The van der Waals surface area contributed by atoms with Gasteiger partial charge in [-0.25, -0.2) is 0 Å². The Morgan fingerprint density at radius 2 is 2.00 bits per heavy atom. The Bertz CT molecular complexity index is 749. The summed E-state index contributed by atoms with van der Waals surface area (Å²) in [7, 11) is 3.25. The zero-order chi connectivity index (χ0) is 16.9. The van der Waals surface area contributed by atoms with E-state index in [1.807, 2.05) is 18.2 Å². The fraction of sp³-hybridized carbons (Fsp3) is 0.316. The molecule has 3 N–H and O–H groups in total. The van der Waals surface area contributed by atoms with E-state index in [2.05, 4.69) is 34.6 Å². The van der Waals surface area contributed by atoms with Crippen molar-refractivity contribution in [3.63, 3.8) is 0 Å². The zero-order valence-corrected chi connectivity index (χ0v) is 16.8. The average Bonchev–Trinajstić information content (AvgIpc) is 3.03. The number of fused-ring (bicyclic) bond motifs is 1. The van der Waals surface area contributed by atoms with E-state index in [-0.39, 0.29) is 24.0 Å². The lowest BCUT2D eigenvalue weighted by molar-refractivity contribution is 0.405. The van der Waals surface area contributed by atoms with Crippen LogP contribution in [0.4, 0.5) is 5.69 Å². The van der Waals surface area contributed by atoms with E-state index in [4.69, 9.17) is 15.2 Å². The van der Waals surface area contributed by atoms with Crippen LogP contribution in [-0.4, -0.2) is 26.7 Å². The first-order valence-electron chi connectivity index (χ1n) is 8.08. The molecule has 0 saturated carbocycles. The lowest BCUT2D eigenvalue weighted by Crippen LogP contribution is -2.23. The maximum atomic E-state index is 6.06. The van der Waals surface area contributed by atoms with Gasteiger partial charge in [0.15, 0.2) is 5.96 Å². The van der Waals surface area contributed by atoms with Crippen LogP contribution in [0.15, 0.2) is 47.5 Å². The van der Waals surface area contributed by atoms with E-state index >= 15 is 0 Å². The van der Waals surface area contributed by atoms with Gasteiger partial charge in [0.2, 0.25) is 0 Å². The van der Waals surface area contributed by atoms with Crippen LogP contribution in [0.2, 0.25) is 0 Å².